The van der Waals surface area contributed by atoms with E-state index >= 15 is 0 Å². The Morgan fingerprint density at radius 1 is 1.27 bits per heavy atom. The summed E-state index contributed by atoms with van der Waals surface area (Å²) in [7, 11) is 0. The molecule has 0 aliphatic heterocycles. The predicted molar refractivity (Wildman–Crippen MR) is 55.2 cm³/mol. The number of rotatable bonds is 6. The van der Waals surface area contributed by atoms with E-state index in [1.165, 1.54) is 0 Å². The topological polar surface area (TPSA) is 82.8 Å². The van der Waals surface area contributed by atoms with Crippen molar-refractivity contribution in [2.24, 2.45) is 5.73 Å². The molecule has 6 heteroatoms. The maximum absolute atomic E-state index is 11.0. The molecule has 90 valence electrons. The molecule has 0 aromatic heterocycles. The summed E-state index contributed by atoms with van der Waals surface area (Å²) in [4.78, 5) is 15.8. The van der Waals surface area contributed by atoms with Crippen molar-refractivity contribution in [2.75, 3.05) is 26.4 Å². The van der Waals surface area contributed by atoms with E-state index in [9.17, 15) is 4.79 Å². The maximum atomic E-state index is 11.0. The van der Waals surface area contributed by atoms with Crippen LogP contribution in [0.25, 0.3) is 0 Å². The van der Waals surface area contributed by atoms with E-state index in [1.54, 1.807) is 20.8 Å². The molecular weight excluding hydrogens is 200 g/mol. The summed E-state index contributed by atoms with van der Waals surface area (Å²) in [6, 6.07) is 0. The Kier molecular flexibility index (Phi) is 7.02. The van der Waals surface area contributed by atoms with E-state index in [1.807, 2.05) is 0 Å². The average molecular weight is 220 g/mol. The van der Waals surface area contributed by atoms with Crippen molar-refractivity contribution in [1.29, 1.82) is 0 Å². The van der Waals surface area contributed by atoms with E-state index in [4.69, 9.17) is 20.0 Å². The molecule has 0 aromatic carbocycles. The third-order valence-corrected chi connectivity index (χ3v) is 1.15. The van der Waals surface area contributed by atoms with Gasteiger partial charge in [0, 0.05) is 6.54 Å². The largest absolute Gasteiger partial charge is 0.442 e. The van der Waals surface area contributed by atoms with E-state index < -0.39 is 11.7 Å². The molecule has 15 heavy (non-hydrogen) atoms. The van der Waals surface area contributed by atoms with Crippen LogP contribution < -0.4 is 11.2 Å². The molecule has 0 aromatic rings. The predicted octanol–water partition coefficient (Wildman–Crippen LogP) is 0.418. The molecule has 0 unspecified atom stereocenters. The average Bonchev–Trinajstić information content (AvgIpc) is 2.08. The van der Waals surface area contributed by atoms with Crippen LogP contribution >= 0.6 is 0 Å². The highest BCUT2D eigenvalue weighted by Gasteiger charge is 2.15. The second-order valence-corrected chi connectivity index (χ2v) is 3.85. The fraction of sp³-hybridized carbons (Fsp3) is 0.889. The Morgan fingerprint density at radius 2 is 1.93 bits per heavy atom. The van der Waals surface area contributed by atoms with Crippen LogP contribution in [0.4, 0.5) is 4.79 Å². The van der Waals surface area contributed by atoms with E-state index in [0.717, 1.165) is 0 Å². The standard InChI is InChI=1S/C9H20N2O4/c1-9(2,3)15-8(12)11-14-7-6-13-5-4-10/h4-7,10H2,1-3H3,(H,11,12). The fourth-order valence-corrected chi connectivity index (χ4v) is 0.695. The maximum Gasteiger partial charge on any atom is 0.431 e. The van der Waals surface area contributed by atoms with Crippen LogP contribution in [0.3, 0.4) is 0 Å². The monoisotopic (exact) mass is 220 g/mol. The molecule has 0 saturated carbocycles. The van der Waals surface area contributed by atoms with Crippen molar-refractivity contribution in [3.05, 3.63) is 0 Å². The fourth-order valence-electron chi connectivity index (χ4n) is 0.695. The summed E-state index contributed by atoms with van der Waals surface area (Å²) in [6.07, 6.45) is -0.610. The molecule has 1 amide bonds. The van der Waals surface area contributed by atoms with E-state index in [2.05, 4.69) is 5.48 Å². The second kappa shape index (κ2) is 7.44. The zero-order chi connectivity index (χ0) is 11.7. The van der Waals surface area contributed by atoms with Crippen LogP contribution in [-0.4, -0.2) is 38.1 Å². The Hall–Kier alpha value is -0.850. The lowest BCUT2D eigenvalue weighted by Crippen LogP contribution is -2.33. The minimum absolute atomic E-state index is 0.263. The molecular formula is C9H20N2O4. The number of carbonyl (C=O) groups excluding carboxylic acids is 1. The van der Waals surface area contributed by atoms with Gasteiger partial charge in [-0.2, -0.15) is 5.48 Å². The molecule has 0 radical (unpaired) electrons. The summed E-state index contributed by atoms with van der Waals surface area (Å²) < 4.78 is 9.95. The highest BCUT2D eigenvalue weighted by molar-refractivity contribution is 5.66. The molecule has 0 aliphatic carbocycles. The van der Waals surface area contributed by atoms with E-state index in [0.29, 0.717) is 19.8 Å². The first-order valence-corrected chi connectivity index (χ1v) is 4.84. The van der Waals surface area contributed by atoms with Crippen LogP contribution in [-0.2, 0) is 14.3 Å². The van der Waals surface area contributed by atoms with Crippen molar-refractivity contribution >= 4 is 6.09 Å². The van der Waals surface area contributed by atoms with Crippen molar-refractivity contribution in [3.63, 3.8) is 0 Å². The molecule has 3 N–H and O–H groups in total. The number of hydrogen-bond acceptors (Lipinski definition) is 5. The zero-order valence-electron chi connectivity index (χ0n) is 9.54. The SMILES string of the molecule is CC(C)(C)OC(=O)NOCCOCCN. The quantitative estimate of drug-likeness (QED) is 0.500. The molecule has 0 heterocycles. The molecule has 0 bridgehead atoms. The lowest BCUT2D eigenvalue weighted by molar-refractivity contribution is -0.0254. The van der Waals surface area contributed by atoms with Crippen LogP contribution in [0.1, 0.15) is 20.8 Å². The van der Waals surface area contributed by atoms with Crippen molar-refractivity contribution in [2.45, 2.75) is 26.4 Å². The number of carbonyl (C=O) groups is 1. The number of hydrogen-bond donors (Lipinski definition) is 2. The Morgan fingerprint density at radius 3 is 2.47 bits per heavy atom. The van der Waals surface area contributed by atoms with Crippen LogP contribution in [0.2, 0.25) is 0 Å². The van der Waals surface area contributed by atoms with Gasteiger partial charge in [0.15, 0.2) is 0 Å². The number of nitrogens with one attached hydrogen (secondary N) is 1. The minimum Gasteiger partial charge on any atom is -0.442 e. The Labute approximate surface area is 90.0 Å². The Bertz CT molecular complexity index is 179. The van der Waals surface area contributed by atoms with Crippen molar-refractivity contribution in [3.8, 4) is 0 Å². The lowest BCUT2D eigenvalue weighted by atomic mass is 10.2. The summed E-state index contributed by atoms with van der Waals surface area (Å²) in [6.45, 7) is 6.92. The van der Waals surface area contributed by atoms with Crippen LogP contribution in [0.15, 0.2) is 0 Å². The van der Waals surface area contributed by atoms with Gasteiger partial charge in [-0.1, -0.05) is 0 Å². The zero-order valence-corrected chi connectivity index (χ0v) is 9.54. The molecule has 0 saturated heterocycles. The normalized spacial score (nSPS) is 11.2. The van der Waals surface area contributed by atoms with Crippen LogP contribution in [0, 0.1) is 0 Å². The third kappa shape index (κ3) is 11.1. The van der Waals surface area contributed by atoms with Gasteiger partial charge in [0.2, 0.25) is 0 Å². The van der Waals surface area contributed by atoms with Gasteiger partial charge in [-0.15, -0.1) is 0 Å². The number of ether oxygens (including phenoxy) is 2. The summed E-state index contributed by atoms with van der Waals surface area (Å²) >= 11 is 0. The summed E-state index contributed by atoms with van der Waals surface area (Å²) in [5.41, 5.74) is 6.82. The first-order chi connectivity index (χ1) is 6.95. The van der Waals surface area contributed by atoms with Gasteiger partial charge in [0.25, 0.3) is 0 Å². The lowest BCUT2D eigenvalue weighted by Gasteiger charge is -2.19. The minimum atomic E-state index is -0.610. The molecule has 0 fully saturated rings. The van der Waals surface area contributed by atoms with Gasteiger partial charge in [-0.05, 0) is 20.8 Å². The molecule has 0 spiro atoms. The smallest absolute Gasteiger partial charge is 0.431 e. The van der Waals surface area contributed by atoms with Gasteiger partial charge >= 0.3 is 6.09 Å². The highest BCUT2D eigenvalue weighted by Crippen LogP contribution is 2.06. The first kappa shape index (κ1) is 14.2. The number of hydroxylamine groups is 1. The highest BCUT2D eigenvalue weighted by atomic mass is 16.7. The summed E-state index contributed by atoms with van der Waals surface area (Å²) in [5, 5.41) is 0. The van der Waals surface area contributed by atoms with Gasteiger partial charge in [-0.25, -0.2) is 4.79 Å². The van der Waals surface area contributed by atoms with Gasteiger partial charge in [0.05, 0.1) is 19.8 Å². The Balaban J connectivity index is 3.32. The summed E-state index contributed by atoms with van der Waals surface area (Å²) in [5.74, 6) is 0. The number of nitrogens with two attached hydrogens (primary N) is 1. The van der Waals surface area contributed by atoms with Crippen molar-refractivity contribution < 1.29 is 19.1 Å². The molecule has 6 nitrogen and oxygen atoms in total. The molecule has 0 atom stereocenters. The molecule has 0 rings (SSSR count). The first-order valence-electron chi connectivity index (χ1n) is 4.84. The second-order valence-electron chi connectivity index (χ2n) is 3.85. The van der Waals surface area contributed by atoms with Crippen molar-refractivity contribution in [1.82, 2.24) is 5.48 Å². The van der Waals surface area contributed by atoms with Gasteiger partial charge < -0.3 is 15.2 Å². The number of amides is 1. The molecule has 0 aliphatic rings. The third-order valence-electron chi connectivity index (χ3n) is 1.15. The van der Waals surface area contributed by atoms with Gasteiger partial charge in [-0.3, -0.25) is 4.84 Å². The van der Waals surface area contributed by atoms with Gasteiger partial charge in [0.1, 0.15) is 5.60 Å². The van der Waals surface area contributed by atoms with E-state index in [-0.39, 0.29) is 6.61 Å². The van der Waals surface area contributed by atoms with Crippen LogP contribution in [0.5, 0.6) is 0 Å².